The molecule has 1 saturated heterocycles. The van der Waals surface area contributed by atoms with Gasteiger partial charge in [0.2, 0.25) is 0 Å². The number of fused-ring (bicyclic) bond motifs is 1. The largest absolute Gasteiger partial charge is 0.507 e. The Bertz CT molecular complexity index is 1530. The molecule has 2 N–H and O–H groups in total. The van der Waals surface area contributed by atoms with Gasteiger partial charge in [-0.05, 0) is 48.0 Å². The lowest BCUT2D eigenvalue weighted by molar-refractivity contribution is -0.137. The number of aromatic amines is 1. The lowest BCUT2D eigenvalue weighted by Gasteiger charge is -2.26. The molecule has 37 heavy (non-hydrogen) atoms. The number of benzene rings is 3. The predicted octanol–water partition coefficient (Wildman–Crippen LogP) is 5.88. The minimum absolute atomic E-state index is 0.106. The van der Waals surface area contributed by atoms with Gasteiger partial charge in [-0.15, -0.1) is 0 Å². The Morgan fingerprint density at radius 2 is 1.59 bits per heavy atom. The van der Waals surface area contributed by atoms with Crippen molar-refractivity contribution in [2.24, 2.45) is 0 Å². The van der Waals surface area contributed by atoms with Crippen molar-refractivity contribution in [3.05, 3.63) is 101 Å². The molecule has 2 heterocycles. The van der Waals surface area contributed by atoms with Crippen molar-refractivity contribution >= 4 is 39.7 Å². The van der Waals surface area contributed by atoms with E-state index in [2.05, 4.69) is 4.98 Å². The summed E-state index contributed by atoms with van der Waals surface area (Å²) >= 11 is 0. The van der Waals surface area contributed by atoms with Gasteiger partial charge in [0.15, 0.2) is 0 Å². The van der Waals surface area contributed by atoms with E-state index in [-0.39, 0.29) is 17.0 Å². The second-order valence-electron chi connectivity index (χ2n) is 8.95. The van der Waals surface area contributed by atoms with Gasteiger partial charge in [-0.2, -0.15) is 13.2 Å². The van der Waals surface area contributed by atoms with Crippen LogP contribution in [-0.4, -0.2) is 35.9 Å². The van der Waals surface area contributed by atoms with Gasteiger partial charge in [0.1, 0.15) is 5.76 Å². The molecule has 1 aliphatic rings. The van der Waals surface area contributed by atoms with Crippen molar-refractivity contribution in [3.63, 3.8) is 0 Å². The van der Waals surface area contributed by atoms with Crippen LogP contribution in [0.2, 0.25) is 0 Å². The molecule has 1 fully saturated rings. The summed E-state index contributed by atoms with van der Waals surface area (Å²) in [4.78, 5) is 32.7. The number of anilines is 2. The number of H-pyrrole nitrogens is 1. The summed E-state index contributed by atoms with van der Waals surface area (Å²) < 4.78 is 39.5. The summed E-state index contributed by atoms with van der Waals surface area (Å²) in [6.07, 6.45) is -3.00. The SMILES string of the molecule is CN(C)c1ccc(C2/C(=C(/O)c3c[nH]c4ccccc34)C(=O)C(=O)N2c2ccc(C(F)(F)F)cc2)cc1. The van der Waals surface area contributed by atoms with E-state index < -0.39 is 29.5 Å². The number of hydrogen-bond donors (Lipinski definition) is 2. The molecule has 9 heteroatoms. The second-order valence-corrected chi connectivity index (χ2v) is 8.95. The van der Waals surface area contributed by atoms with Crippen LogP contribution in [0.4, 0.5) is 24.5 Å². The van der Waals surface area contributed by atoms with E-state index in [0.29, 0.717) is 16.5 Å². The zero-order chi connectivity index (χ0) is 26.5. The molecule has 0 bridgehead atoms. The first kappa shape index (κ1) is 24.2. The van der Waals surface area contributed by atoms with Crippen molar-refractivity contribution in [3.8, 4) is 0 Å². The Morgan fingerprint density at radius 3 is 2.22 bits per heavy atom. The van der Waals surface area contributed by atoms with Crippen molar-refractivity contribution in [2.45, 2.75) is 12.2 Å². The fraction of sp³-hybridized carbons (Fsp3) is 0.143. The third-order valence-electron chi connectivity index (χ3n) is 6.49. The first-order valence-electron chi connectivity index (χ1n) is 11.4. The first-order chi connectivity index (χ1) is 17.6. The monoisotopic (exact) mass is 505 g/mol. The number of carbonyl (C=O) groups excluding carboxylic acids is 2. The summed E-state index contributed by atoms with van der Waals surface area (Å²) in [6, 6.07) is 17.2. The third-order valence-corrected chi connectivity index (χ3v) is 6.49. The van der Waals surface area contributed by atoms with Crippen LogP contribution in [-0.2, 0) is 15.8 Å². The van der Waals surface area contributed by atoms with E-state index in [9.17, 15) is 27.9 Å². The molecule has 1 unspecified atom stereocenters. The number of hydrogen-bond acceptors (Lipinski definition) is 4. The van der Waals surface area contributed by atoms with E-state index in [0.717, 1.165) is 40.4 Å². The number of Topliss-reactive ketones (excluding diaryl/α,β-unsaturated/α-hetero) is 1. The average Bonchev–Trinajstić information content (AvgIpc) is 3.42. The van der Waals surface area contributed by atoms with Crippen molar-refractivity contribution in [2.75, 3.05) is 23.9 Å². The van der Waals surface area contributed by atoms with Crippen molar-refractivity contribution < 1.29 is 27.9 Å². The van der Waals surface area contributed by atoms with Gasteiger partial charge in [0.25, 0.3) is 11.7 Å². The molecule has 4 aromatic rings. The molecule has 0 saturated carbocycles. The van der Waals surface area contributed by atoms with Gasteiger partial charge in [0, 0.05) is 48.1 Å². The number of alkyl halides is 3. The van der Waals surface area contributed by atoms with E-state index >= 15 is 0 Å². The summed E-state index contributed by atoms with van der Waals surface area (Å²) in [7, 11) is 3.72. The molecular weight excluding hydrogens is 483 g/mol. The molecule has 1 aromatic heterocycles. The van der Waals surface area contributed by atoms with Crippen LogP contribution in [0.5, 0.6) is 0 Å². The lowest BCUT2D eigenvalue weighted by atomic mass is 9.94. The molecule has 1 atom stereocenters. The van der Waals surface area contributed by atoms with Crippen molar-refractivity contribution in [1.29, 1.82) is 0 Å². The third kappa shape index (κ3) is 4.12. The second kappa shape index (κ2) is 8.85. The van der Waals surface area contributed by atoms with Crippen LogP contribution in [0.3, 0.4) is 0 Å². The Kier molecular flexibility index (Phi) is 5.78. The zero-order valence-electron chi connectivity index (χ0n) is 19.9. The van der Waals surface area contributed by atoms with E-state index in [4.69, 9.17) is 0 Å². The normalized spacial score (nSPS) is 17.5. The first-order valence-corrected chi connectivity index (χ1v) is 11.4. The number of amides is 1. The number of nitrogens with zero attached hydrogens (tertiary/aromatic N) is 2. The highest BCUT2D eigenvalue weighted by Gasteiger charge is 2.47. The maximum absolute atomic E-state index is 13.3. The smallest absolute Gasteiger partial charge is 0.416 e. The lowest BCUT2D eigenvalue weighted by Crippen LogP contribution is -2.29. The van der Waals surface area contributed by atoms with Crippen molar-refractivity contribution in [1.82, 2.24) is 4.98 Å². The highest BCUT2D eigenvalue weighted by atomic mass is 19.4. The van der Waals surface area contributed by atoms with E-state index in [1.54, 1.807) is 42.6 Å². The summed E-state index contributed by atoms with van der Waals surface area (Å²) in [6.45, 7) is 0. The van der Waals surface area contributed by atoms with Gasteiger partial charge in [0.05, 0.1) is 17.2 Å². The Balaban J connectivity index is 1.70. The quantitative estimate of drug-likeness (QED) is 0.206. The highest BCUT2D eigenvalue weighted by molar-refractivity contribution is 6.51. The number of ketones is 1. The molecule has 6 nitrogen and oxygen atoms in total. The molecule has 5 rings (SSSR count). The van der Waals surface area contributed by atoms with E-state index in [1.165, 1.54) is 0 Å². The Labute approximate surface area is 210 Å². The van der Waals surface area contributed by atoms with Gasteiger partial charge in [-0.3, -0.25) is 14.5 Å². The van der Waals surface area contributed by atoms with E-state index in [1.807, 2.05) is 31.1 Å². The highest BCUT2D eigenvalue weighted by Crippen LogP contribution is 2.43. The molecule has 1 amide bonds. The zero-order valence-corrected chi connectivity index (χ0v) is 19.9. The topological polar surface area (TPSA) is 76.6 Å². The van der Waals surface area contributed by atoms with Crippen LogP contribution < -0.4 is 9.80 Å². The standard InChI is InChI=1S/C28H22F3N3O3/c1-33(2)18-11-7-16(8-12-18)24-23(25(35)21-15-32-22-6-4-3-5-20(21)22)26(36)27(37)34(24)19-13-9-17(10-14-19)28(29,30)31/h3-15,24,32,35H,1-2H3/b25-23-. The van der Waals surface area contributed by atoms with Gasteiger partial charge in [-0.1, -0.05) is 30.3 Å². The minimum atomic E-state index is -4.55. The van der Waals surface area contributed by atoms with Crippen LogP contribution in [0.1, 0.15) is 22.7 Å². The number of aliphatic hydroxyl groups is 1. The number of nitrogens with one attached hydrogen (secondary N) is 1. The molecule has 0 spiro atoms. The van der Waals surface area contributed by atoms with Gasteiger partial charge >= 0.3 is 6.18 Å². The summed E-state index contributed by atoms with van der Waals surface area (Å²) in [5, 5.41) is 12.0. The predicted molar refractivity (Wildman–Crippen MR) is 135 cm³/mol. The maximum atomic E-state index is 13.3. The molecular formula is C28H22F3N3O3. The average molecular weight is 505 g/mol. The number of halogens is 3. The fourth-order valence-electron chi connectivity index (χ4n) is 4.59. The van der Waals surface area contributed by atoms with Crippen LogP contribution in [0, 0.1) is 0 Å². The van der Waals surface area contributed by atoms with Gasteiger partial charge in [-0.25, -0.2) is 0 Å². The number of carbonyl (C=O) groups is 2. The van der Waals surface area contributed by atoms with Crippen LogP contribution in [0.15, 0.2) is 84.6 Å². The number of aliphatic hydroxyl groups excluding tert-OH is 1. The molecule has 0 radical (unpaired) electrons. The number of rotatable bonds is 4. The summed E-state index contributed by atoms with van der Waals surface area (Å²) in [5.41, 5.74) is 1.54. The molecule has 188 valence electrons. The number of para-hydroxylation sites is 1. The van der Waals surface area contributed by atoms with Gasteiger partial charge < -0.3 is 15.0 Å². The fourth-order valence-corrected chi connectivity index (χ4v) is 4.59. The maximum Gasteiger partial charge on any atom is 0.416 e. The summed E-state index contributed by atoms with van der Waals surface area (Å²) in [5.74, 6) is -2.24. The number of aromatic nitrogens is 1. The molecule has 1 aliphatic heterocycles. The Morgan fingerprint density at radius 1 is 0.946 bits per heavy atom. The Hall–Kier alpha value is -4.53. The molecule has 3 aromatic carbocycles. The van der Waals surface area contributed by atoms with Crippen LogP contribution in [0.25, 0.3) is 16.7 Å². The molecule has 0 aliphatic carbocycles. The van der Waals surface area contributed by atoms with Crippen LogP contribution >= 0.6 is 0 Å². The minimum Gasteiger partial charge on any atom is -0.507 e.